The number of alkyl halides is 3. The number of nitrogens with two attached hydrogens (primary N) is 1. The highest BCUT2D eigenvalue weighted by atomic mass is 32.1. The maximum atomic E-state index is 13.8. The van der Waals surface area contributed by atoms with Crippen molar-refractivity contribution in [2.75, 3.05) is 12.3 Å². The van der Waals surface area contributed by atoms with E-state index in [1.54, 1.807) is 17.5 Å². The third-order valence-electron chi connectivity index (χ3n) is 4.59. The van der Waals surface area contributed by atoms with Crippen LogP contribution in [0.1, 0.15) is 20.8 Å². The number of anilines is 1. The molecule has 4 rings (SSSR count). The second-order valence-electron chi connectivity index (χ2n) is 6.61. The third-order valence-corrected chi connectivity index (χ3v) is 6.61. The monoisotopic (exact) mass is 448 g/mol. The Hall–Kier alpha value is -2.91. The molecule has 4 nitrogen and oxygen atoms in total. The lowest BCUT2D eigenvalue weighted by Crippen LogP contribution is -2.25. The number of halogens is 3. The van der Waals surface area contributed by atoms with Crippen molar-refractivity contribution in [3.63, 3.8) is 0 Å². The Morgan fingerprint density at radius 3 is 2.57 bits per heavy atom. The minimum Gasteiger partial charge on any atom is -0.397 e. The number of nitrogens with one attached hydrogen (secondary N) is 2. The van der Waals surface area contributed by atoms with Gasteiger partial charge in [-0.3, -0.25) is 4.79 Å². The number of pyridine rings is 1. The molecule has 0 radical (unpaired) electrons. The van der Waals surface area contributed by atoms with Crippen LogP contribution in [0.15, 0.2) is 53.9 Å². The number of carbonyl (C=O) groups is 1. The Labute approximate surface area is 178 Å². The van der Waals surface area contributed by atoms with Gasteiger partial charge in [-0.25, -0.2) is 0 Å². The summed E-state index contributed by atoms with van der Waals surface area (Å²) in [6, 6.07) is 14.1. The lowest BCUT2D eigenvalue weighted by molar-refractivity contribution is -0.328. The number of amides is 1. The number of H-pyrrole nitrogens is 1. The van der Waals surface area contributed by atoms with E-state index in [9.17, 15) is 18.0 Å². The minimum absolute atomic E-state index is 0.0724. The summed E-state index contributed by atoms with van der Waals surface area (Å²) in [5.41, 5.74) is 6.40. The van der Waals surface area contributed by atoms with Gasteiger partial charge in [-0.15, -0.1) is 11.3 Å². The van der Waals surface area contributed by atoms with E-state index in [-0.39, 0.29) is 20.8 Å². The molecular formula is C21H17F3N3OS2+. The molecule has 30 heavy (non-hydrogen) atoms. The van der Waals surface area contributed by atoms with Crippen molar-refractivity contribution in [2.24, 2.45) is 0 Å². The van der Waals surface area contributed by atoms with Crippen LogP contribution in [0, 0.1) is 0 Å². The van der Waals surface area contributed by atoms with Crippen molar-refractivity contribution in [2.45, 2.75) is 12.6 Å². The Balaban J connectivity index is 1.67. The molecule has 0 saturated carbocycles. The first-order chi connectivity index (χ1) is 14.3. The van der Waals surface area contributed by atoms with Gasteiger partial charge < -0.3 is 11.1 Å². The van der Waals surface area contributed by atoms with E-state index in [0.29, 0.717) is 23.5 Å². The molecule has 0 spiro atoms. The van der Waals surface area contributed by atoms with Crippen LogP contribution in [0.4, 0.5) is 18.9 Å². The maximum absolute atomic E-state index is 13.8. The van der Waals surface area contributed by atoms with E-state index in [2.05, 4.69) is 10.3 Å². The van der Waals surface area contributed by atoms with E-state index in [1.165, 1.54) is 11.3 Å². The van der Waals surface area contributed by atoms with E-state index in [1.807, 2.05) is 30.3 Å². The molecule has 154 valence electrons. The normalized spacial score (nSPS) is 11.7. The smallest absolute Gasteiger partial charge is 0.397 e. The fourth-order valence-corrected chi connectivity index (χ4v) is 4.94. The van der Waals surface area contributed by atoms with Crippen LogP contribution in [0.5, 0.6) is 0 Å². The molecule has 0 atom stereocenters. The molecule has 4 N–H and O–H groups in total. The summed E-state index contributed by atoms with van der Waals surface area (Å²) < 4.78 is 41.3. The minimum atomic E-state index is -4.60. The molecule has 0 fully saturated rings. The van der Waals surface area contributed by atoms with Gasteiger partial charge in [0, 0.05) is 12.6 Å². The number of benzene rings is 1. The molecule has 1 amide bonds. The molecular weight excluding hydrogens is 431 g/mol. The first kappa shape index (κ1) is 20.4. The summed E-state index contributed by atoms with van der Waals surface area (Å²) in [5, 5.41) is 4.37. The van der Waals surface area contributed by atoms with E-state index in [0.717, 1.165) is 23.0 Å². The van der Waals surface area contributed by atoms with E-state index < -0.39 is 17.6 Å². The average molecular weight is 449 g/mol. The number of thiophene rings is 2. The molecule has 9 heteroatoms. The van der Waals surface area contributed by atoms with Gasteiger partial charge in [0.05, 0.1) is 21.5 Å². The zero-order valence-electron chi connectivity index (χ0n) is 15.5. The summed E-state index contributed by atoms with van der Waals surface area (Å²) in [6.45, 7) is 0.354. The zero-order valence-corrected chi connectivity index (χ0v) is 17.2. The SMILES string of the molecule is Nc1c(C(=O)NCCc2ccccc2)sc2[nH+]c(-c3cccs3)cc(C(F)(F)F)c12. The van der Waals surface area contributed by atoms with Crippen molar-refractivity contribution in [3.05, 3.63) is 69.9 Å². The second-order valence-corrected chi connectivity index (χ2v) is 8.58. The number of fused-ring (bicyclic) bond motifs is 1. The highest BCUT2D eigenvalue weighted by molar-refractivity contribution is 7.20. The molecule has 4 aromatic rings. The lowest BCUT2D eigenvalue weighted by Gasteiger charge is -2.08. The summed E-state index contributed by atoms with van der Waals surface area (Å²) in [7, 11) is 0. The first-order valence-electron chi connectivity index (χ1n) is 9.06. The van der Waals surface area contributed by atoms with Crippen LogP contribution in [0.25, 0.3) is 20.8 Å². The molecule has 0 aliphatic rings. The van der Waals surface area contributed by atoms with Crippen molar-refractivity contribution in [1.29, 1.82) is 0 Å². The molecule has 0 unspecified atom stereocenters. The first-order valence-corrected chi connectivity index (χ1v) is 10.8. The molecule has 1 aromatic carbocycles. The highest BCUT2D eigenvalue weighted by Gasteiger charge is 2.38. The second kappa shape index (κ2) is 8.08. The van der Waals surface area contributed by atoms with Crippen molar-refractivity contribution >= 4 is 44.5 Å². The Morgan fingerprint density at radius 2 is 1.90 bits per heavy atom. The number of hydrogen-bond donors (Lipinski definition) is 2. The largest absolute Gasteiger partial charge is 0.417 e. The van der Waals surface area contributed by atoms with Crippen LogP contribution in [-0.4, -0.2) is 12.5 Å². The molecule has 0 saturated heterocycles. The lowest BCUT2D eigenvalue weighted by atomic mass is 10.1. The highest BCUT2D eigenvalue weighted by Crippen LogP contribution is 2.42. The molecule has 3 aromatic heterocycles. The molecule has 0 aliphatic heterocycles. The van der Waals surface area contributed by atoms with E-state index in [4.69, 9.17) is 5.73 Å². The fourth-order valence-electron chi connectivity index (χ4n) is 3.18. The number of rotatable bonds is 5. The third kappa shape index (κ3) is 4.03. The van der Waals surface area contributed by atoms with Gasteiger partial charge >= 0.3 is 6.18 Å². The number of aromatic nitrogens is 1. The van der Waals surface area contributed by atoms with Crippen molar-refractivity contribution < 1.29 is 22.9 Å². The number of carbonyl (C=O) groups excluding carboxylic acids is 1. The van der Waals surface area contributed by atoms with Crippen LogP contribution < -0.4 is 16.0 Å². The fraction of sp³-hybridized carbons (Fsp3) is 0.143. The van der Waals surface area contributed by atoms with Gasteiger partial charge in [0.25, 0.3) is 10.7 Å². The van der Waals surface area contributed by atoms with E-state index >= 15 is 0 Å². The van der Waals surface area contributed by atoms with Crippen LogP contribution >= 0.6 is 22.7 Å². The van der Waals surface area contributed by atoms with Gasteiger partial charge in [0.1, 0.15) is 4.88 Å². The Bertz CT molecular complexity index is 1190. The molecule has 0 aliphatic carbocycles. The standard InChI is InChI=1S/C21H16F3N3OS2/c22-21(23,24)13-11-14(15-7-4-10-29-15)27-20-16(13)17(25)18(30-20)19(28)26-9-8-12-5-2-1-3-6-12/h1-7,10-11H,8-9,25H2,(H,26,28)/p+1. The van der Waals surface area contributed by atoms with Crippen LogP contribution in [-0.2, 0) is 12.6 Å². The molecule has 3 heterocycles. The number of nitrogen functional groups attached to an aromatic ring is 1. The number of hydrogen-bond acceptors (Lipinski definition) is 4. The summed E-state index contributed by atoms with van der Waals surface area (Å²) in [5.74, 6) is -0.483. The van der Waals surface area contributed by atoms with Gasteiger partial charge in [-0.1, -0.05) is 47.7 Å². The van der Waals surface area contributed by atoms with Gasteiger partial charge in [-0.2, -0.15) is 18.2 Å². The summed E-state index contributed by atoms with van der Waals surface area (Å²) in [4.78, 5) is 16.6. The quantitative estimate of drug-likeness (QED) is 0.450. The van der Waals surface area contributed by atoms with Gasteiger partial charge in [0.15, 0.2) is 0 Å². The predicted octanol–water partition coefficient (Wildman–Crippen LogP) is 5.02. The molecule has 0 bridgehead atoms. The van der Waals surface area contributed by atoms with Crippen LogP contribution in [0.2, 0.25) is 0 Å². The maximum Gasteiger partial charge on any atom is 0.417 e. The Kier molecular flexibility index (Phi) is 5.48. The summed E-state index contributed by atoms with van der Waals surface area (Å²) in [6.07, 6.45) is -3.99. The predicted molar refractivity (Wildman–Crippen MR) is 114 cm³/mol. The van der Waals surface area contributed by atoms with Gasteiger partial charge in [-0.05, 0) is 23.4 Å². The van der Waals surface area contributed by atoms with Crippen molar-refractivity contribution in [1.82, 2.24) is 5.32 Å². The average Bonchev–Trinajstić information content (AvgIpc) is 3.36. The van der Waals surface area contributed by atoms with Gasteiger partial charge in [0.2, 0.25) is 5.69 Å². The Morgan fingerprint density at radius 1 is 1.13 bits per heavy atom. The summed E-state index contributed by atoms with van der Waals surface area (Å²) >= 11 is 2.26. The van der Waals surface area contributed by atoms with Crippen molar-refractivity contribution in [3.8, 4) is 10.6 Å². The number of aromatic amines is 1. The zero-order chi connectivity index (χ0) is 21.3. The van der Waals surface area contributed by atoms with Crippen LogP contribution in [0.3, 0.4) is 0 Å². The topological polar surface area (TPSA) is 69.3 Å².